The molecule has 2 atom stereocenters. The summed E-state index contributed by atoms with van der Waals surface area (Å²) in [5.74, 6) is 0.819. The first kappa shape index (κ1) is 18.7. The summed E-state index contributed by atoms with van der Waals surface area (Å²) in [7, 11) is 0. The monoisotopic (exact) mass is 397 g/mol. The van der Waals surface area contributed by atoms with Gasteiger partial charge in [-0.25, -0.2) is 9.36 Å². The quantitative estimate of drug-likeness (QED) is 0.683. The maximum Gasteiger partial charge on any atom is 0.336 e. The van der Waals surface area contributed by atoms with E-state index in [2.05, 4.69) is 13.8 Å². The summed E-state index contributed by atoms with van der Waals surface area (Å²) < 4.78 is 3.08. The summed E-state index contributed by atoms with van der Waals surface area (Å²) >= 11 is 1.29. The first-order valence-electron chi connectivity index (χ1n) is 9.52. The molecule has 1 aromatic carbocycles. The number of rotatable bonds is 3. The van der Waals surface area contributed by atoms with Gasteiger partial charge in [-0.05, 0) is 41.8 Å². The van der Waals surface area contributed by atoms with Gasteiger partial charge in [-0.3, -0.25) is 14.2 Å². The lowest BCUT2D eigenvalue weighted by molar-refractivity contribution is -0.134. The minimum absolute atomic E-state index is 0.0569. The Bertz CT molecular complexity index is 1120. The second kappa shape index (κ2) is 7.39. The second-order valence-corrected chi connectivity index (χ2v) is 8.64. The van der Waals surface area contributed by atoms with Crippen LogP contribution in [0.1, 0.15) is 20.3 Å². The SMILES string of the molecule is C[C@@H]1C[C@H](C)CN(C(=O)Cn2c(=O)n(-c3ccccc3)c(=O)c3sccc32)C1. The summed E-state index contributed by atoms with van der Waals surface area (Å²) in [4.78, 5) is 41.0. The molecule has 1 saturated heterocycles. The minimum Gasteiger partial charge on any atom is -0.341 e. The largest absolute Gasteiger partial charge is 0.341 e. The Labute approximate surface area is 166 Å². The standard InChI is InChI=1S/C21H23N3O3S/c1-14-10-15(2)12-22(11-14)18(25)13-23-17-8-9-28-19(17)20(26)24(21(23)27)16-6-4-3-5-7-16/h3-9,14-15H,10-13H2,1-2H3/t14-,15+. The van der Waals surface area contributed by atoms with E-state index in [4.69, 9.17) is 0 Å². The van der Waals surface area contributed by atoms with E-state index in [0.29, 0.717) is 40.8 Å². The third-order valence-corrected chi connectivity index (χ3v) is 6.18. The first-order chi connectivity index (χ1) is 13.5. The molecule has 146 valence electrons. The molecular weight excluding hydrogens is 374 g/mol. The number of para-hydroxylation sites is 1. The van der Waals surface area contributed by atoms with Gasteiger partial charge < -0.3 is 4.90 Å². The molecule has 6 nitrogen and oxygen atoms in total. The van der Waals surface area contributed by atoms with Crippen LogP contribution in [-0.2, 0) is 11.3 Å². The molecular formula is C21H23N3O3S. The fraction of sp³-hybridized carbons (Fsp3) is 0.381. The number of amides is 1. The molecule has 2 aromatic heterocycles. The molecule has 0 radical (unpaired) electrons. The van der Waals surface area contributed by atoms with Gasteiger partial charge in [0, 0.05) is 13.1 Å². The normalized spacial score (nSPS) is 19.9. The zero-order chi connectivity index (χ0) is 19.8. The van der Waals surface area contributed by atoms with Crippen LogP contribution in [0.5, 0.6) is 0 Å². The summed E-state index contributed by atoms with van der Waals surface area (Å²) in [5, 5.41) is 1.78. The van der Waals surface area contributed by atoms with Crippen molar-refractivity contribution >= 4 is 27.5 Å². The maximum absolute atomic E-state index is 13.2. The molecule has 0 spiro atoms. The lowest BCUT2D eigenvalue weighted by Crippen LogP contribution is -2.46. The van der Waals surface area contributed by atoms with Crippen LogP contribution in [0, 0.1) is 11.8 Å². The van der Waals surface area contributed by atoms with Crippen LogP contribution in [0.25, 0.3) is 15.9 Å². The van der Waals surface area contributed by atoms with Crippen molar-refractivity contribution in [2.24, 2.45) is 11.8 Å². The number of benzene rings is 1. The van der Waals surface area contributed by atoms with E-state index in [1.807, 2.05) is 11.0 Å². The number of carbonyl (C=O) groups is 1. The van der Waals surface area contributed by atoms with E-state index < -0.39 is 5.69 Å². The molecule has 1 fully saturated rings. The second-order valence-electron chi connectivity index (χ2n) is 7.72. The highest BCUT2D eigenvalue weighted by Gasteiger charge is 2.26. The third-order valence-electron chi connectivity index (χ3n) is 5.28. The summed E-state index contributed by atoms with van der Waals surface area (Å²) in [5.41, 5.74) is 0.214. The van der Waals surface area contributed by atoms with Crippen LogP contribution in [-0.4, -0.2) is 33.0 Å². The Morgan fingerprint density at radius 3 is 2.43 bits per heavy atom. The van der Waals surface area contributed by atoms with Crippen molar-refractivity contribution in [3.05, 3.63) is 62.6 Å². The van der Waals surface area contributed by atoms with E-state index in [9.17, 15) is 14.4 Å². The zero-order valence-electron chi connectivity index (χ0n) is 16.0. The van der Waals surface area contributed by atoms with Gasteiger partial charge in [0.1, 0.15) is 11.2 Å². The Morgan fingerprint density at radius 2 is 1.75 bits per heavy atom. The Balaban J connectivity index is 1.79. The van der Waals surface area contributed by atoms with Crippen LogP contribution >= 0.6 is 11.3 Å². The Kier molecular flexibility index (Phi) is 4.93. The zero-order valence-corrected chi connectivity index (χ0v) is 16.8. The fourth-order valence-electron chi connectivity index (χ4n) is 4.15. The molecule has 0 aliphatic carbocycles. The van der Waals surface area contributed by atoms with Crippen molar-refractivity contribution < 1.29 is 4.79 Å². The first-order valence-corrected chi connectivity index (χ1v) is 10.4. The van der Waals surface area contributed by atoms with Gasteiger partial charge >= 0.3 is 5.69 Å². The number of fused-ring (bicyclic) bond motifs is 1. The number of nitrogens with zero attached hydrogens (tertiary/aromatic N) is 3. The lowest BCUT2D eigenvalue weighted by atomic mass is 9.92. The number of hydrogen-bond donors (Lipinski definition) is 0. The predicted octanol–water partition coefficient (Wildman–Crippen LogP) is 2.72. The fourth-order valence-corrected chi connectivity index (χ4v) is 4.97. The Hall–Kier alpha value is -2.67. The number of thiophene rings is 1. The highest BCUT2D eigenvalue weighted by molar-refractivity contribution is 7.17. The number of aromatic nitrogens is 2. The van der Waals surface area contributed by atoms with Crippen molar-refractivity contribution in [3.63, 3.8) is 0 Å². The highest BCUT2D eigenvalue weighted by atomic mass is 32.1. The summed E-state index contributed by atoms with van der Waals surface area (Å²) in [6.07, 6.45) is 1.11. The molecule has 1 aliphatic heterocycles. The van der Waals surface area contributed by atoms with Gasteiger partial charge in [-0.2, -0.15) is 0 Å². The average molecular weight is 398 g/mol. The van der Waals surface area contributed by atoms with Gasteiger partial charge in [-0.15, -0.1) is 11.3 Å². The number of hydrogen-bond acceptors (Lipinski definition) is 4. The van der Waals surface area contributed by atoms with E-state index in [1.165, 1.54) is 15.9 Å². The lowest BCUT2D eigenvalue weighted by Gasteiger charge is -2.35. The predicted molar refractivity (Wildman–Crippen MR) is 111 cm³/mol. The summed E-state index contributed by atoms with van der Waals surface area (Å²) in [6.45, 7) is 5.66. The molecule has 0 bridgehead atoms. The van der Waals surface area contributed by atoms with Crippen LogP contribution < -0.4 is 11.2 Å². The molecule has 28 heavy (non-hydrogen) atoms. The average Bonchev–Trinajstić information content (AvgIpc) is 3.15. The van der Waals surface area contributed by atoms with Gasteiger partial charge in [0.2, 0.25) is 5.91 Å². The molecule has 3 aromatic rings. The van der Waals surface area contributed by atoms with Crippen LogP contribution in [0.15, 0.2) is 51.4 Å². The number of likely N-dealkylation sites (tertiary alicyclic amines) is 1. The molecule has 0 saturated carbocycles. The molecule has 0 N–H and O–H groups in total. The van der Waals surface area contributed by atoms with Gasteiger partial charge in [-0.1, -0.05) is 32.0 Å². The molecule has 1 amide bonds. The van der Waals surface area contributed by atoms with E-state index in [1.54, 1.807) is 35.7 Å². The molecule has 1 aliphatic rings. The van der Waals surface area contributed by atoms with Crippen LogP contribution in [0.2, 0.25) is 0 Å². The maximum atomic E-state index is 13.2. The van der Waals surface area contributed by atoms with Gasteiger partial charge in [0.05, 0.1) is 11.2 Å². The van der Waals surface area contributed by atoms with Gasteiger partial charge in [0.25, 0.3) is 5.56 Å². The van der Waals surface area contributed by atoms with Crippen molar-refractivity contribution in [3.8, 4) is 5.69 Å². The minimum atomic E-state index is -0.478. The summed E-state index contributed by atoms with van der Waals surface area (Å²) in [6, 6.07) is 10.6. The highest BCUT2D eigenvalue weighted by Crippen LogP contribution is 2.22. The Morgan fingerprint density at radius 1 is 1.07 bits per heavy atom. The van der Waals surface area contributed by atoms with E-state index in [-0.39, 0.29) is 18.0 Å². The number of carbonyl (C=O) groups excluding carboxylic acids is 1. The van der Waals surface area contributed by atoms with Crippen molar-refractivity contribution in [1.29, 1.82) is 0 Å². The number of piperidine rings is 1. The van der Waals surface area contributed by atoms with E-state index >= 15 is 0 Å². The third kappa shape index (κ3) is 3.30. The molecule has 0 unspecified atom stereocenters. The van der Waals surface area contributed by atoms with Crippen molar-refractivity contribution in [2.45, 2.75) is 26.8 Å². The van der Waals surface area contributed by atoms with E-state index in [0.717, 1.165) is 11.0 Å². The van der Waals surface area contributed by atoms with Crippen molar-refractivity contribution in [1.82, 2.24) is 14.0 Å². The van der Waals surface area contributed by atoms with Crippen molar-refractivity contribution in [2.75, 3.05) is 13.1 Å². The smallest absolute Gasteiger partial charge is 0.336 e. The van der Waals surface area contributed by atoms with Crippen LogP contribution in [0.3, 0.4) is 0 Å². The van der Waals surface area contributed by atoms with Crippen LogP contribution in [0.4, 0.5) is 0 Å². The molecule has 3 heterocycles. The van der Waals surface area contributed by atoms with Gasteiger partial charge in [0.15, 0.2) is 0 Å². The topological polar surface area (TPSA) is 64.3 Å². The molecule has 4 rings (SSSR count). The molecule has 7 heteroatoms.